The van der Waals surface area contributed by atoms with Gasteiger partial charge >= 0.3 is 6.03 Å². The van der Waals surface area contributed by atoms with Crippen LogP contribution in [0.15, 0.2) is 30.3 Å². The summed E-state index contributed by atoms with van der Waals surface area (Å²) in [5.74, 6) is 0.486. The molecule has 0 spiro atoms. The molecule has 0 bridgehead atoms. The van der Waals surface area contributed by atoms with Crippen LogP contribution in [0.2, 0.25) is 0 Å². The highest BCUT2D eigenvalue weighted by atomic mass is 16.2. The summed E-state index contributed by atoms with van der Waals surface area (Å²) >= 11 is 0. The van der Waals surface area contributed by atoms with Crippen molar-refractivity contribution in [3.63, 3.8) is 0 Å². The van der Waals surface area contributed by atoms with Gasteiger partial charge in [0, 0.05) is 45.2 Å². The molecule has 1 unspecified atom stereocenters. The van der Waals surface area contributed by atoms with Crippen molar-refractivity contribution in [2.24, 2.45) is 0 Å². The Balaban J connectivity index is 1.66. The first-order valence-electron chi connectivity index (χ1n) is 8.51. The number of amides is 2. The van der Waals surface area contributed by atoms with Crippen molar-refractivity contribution in [1.82, 2.24) is 14.7 Å². The highest BCUT2D eigenvalue weighted by Crippen LogP contribution is 2.27. The molecule has 1 atom stereocenters. The lowest BCUT2D eigenvalue weighted by atomic mass is 9.94. The Kier molecular flexibility index (Phi) is 4.98. The molecule has 120 valence electrons. The minimum atomic E-state index is 0.246. The van der Waals surface area contributed by atoms with Gasteiger partial charge in [-0.2, -0.15) is 0 Å². The highest BCUT2D eigenvalue weighted by molar-refractivity contribution is 5.74. The number of carbonyl (C=O) groups is 1. The van der Waals surface area contributed by atoms with Gasteiger partial charge in [-0.05, 0) is 25.5 Å². The lowest BCUT2D eigenvalue weighted by molar-refractivity contribution is 0.122. The fraction of sp³-hybridized carbons (Fsp3) is 0.611. The van der Waals surface area contributed by atoms with Gasteiger partial charge in [0.25, 0.3) is 0 Å². The normalized spacial score (nSPS) is 24.1. The summed E-state index contributed by atoms with van der Waals surface area (Å²) in [5.41, 5.74) is 1.38. The van der Waals surface area contributed by atoms with E-state index in [2.05, 4.69) is 47.2 Å². The van der Waals surface area contributed by atoms with Crippen molar-refractivity contribution in [2.75, 3.05) is 46.3 Å². The Labute approximate surface area is 133 Å². The fourth-order valence-electron chi connectivity index (χ4n) is 3.51. The molecule has 3 rings (SSSR count). The Morgan fingerprint density at radius 2 is 1.68 bits per heavy atom. The molecular formula is C18H27N3O. The van der Waals surface area contributed by atoms with Crippen molar-refractivity contribution >= 4 is 6.03 Å². The van der Waals surface area contributed by atoms with Gasteiger partial charge in [-0.3, -0.25) is 0 Å². The molecule has 2 fully saturated rings. The number of nitrogens with zero attached hydrogens (tertiary/aromatic N) is 3. The predicted molar refractivity (Wildman–Crippen MR) is 89.1 cm³/mol. The van der Waals surface area contributed by atoms with Gasteiger partial charge in [0.2, 0.25) is 0 Å². The topological polar surface area (TPSA) is 26.8 Å². The van der Waals surface area contributed by atoms with Gasteiger partial charge in [0.15, 0.2) is 0 Å². The molecule has 2 saturated heterocycles. The minimum absolute atomic E-state index is 0.246. The molecule has 0 radical (unpaired) electrons. The fourth-order valence-corrected chi connectivity index (χ4v) is 3.51. The number of urea groups is 1. The Morgan fingerprint density at radius 1 is 0.955 bits per heavy atom. The number of likely N-dealkylation sites (tertiary alicyclic amines) is 1. The minimum Gasteiger partial charge on any atom is -0.324 e. The number of hydrogen-bond donors (Lipinski definition) is 0. The van der Waals surface area contributed by atoms with E-state index in [0.29, 0.717) is 5.92 Å². The summed E-state index contributed by atoms with van der Waals surface area (Å²) in [5, 5.41) is 0. The SMILES string of the molecule is CN1CCN(C(=O)N2CCCCC(c3ccccc3)C2)CC1. The number of benzene rings is 1. The lowest BCUT2D eigenvalue weighted by Gasteiger charge is -2.36. The highest BCUT2D eigenvalue weighted by Gasteiger charge is 2.27. The average molecular weight is 301 g/mol. The summed E-state index contributed by atoms with van der Waals surface area (Å²) in [6.07, 6.45) is 3.53. The Morgan fingerprint density at radius 3 is 2.41 bits per heavy atom. The van der Waals surface area contributed by atoms with Gasteiger partial charge in [-0.15, -0.1) is 0 Å². The molecular weight excluding hydrogens is 274 g/mol. The maximum atomic E-state index is 12.8. The van der Waals surface area contributed by atoms with E-state index in [1.54, 1.807) is 0 Å². The van der Waals surface area contributed by atoms with E-state index >= 15 is 0 Å². The monoisotopic (exact) mass is 301 g/mol. The van der Waals surface area contributed by atoms with Gasteiger partial charge in [-0.25, -0.2) is 4.79 Å². The molecule has 22 heavy (non-hydrogen) atoms. The molecule has 4 heteroatoms. The van der Waals surface area contributed by atoms with Crippen LogP contribution < -0.4 is 0 Å². The third kappa shape index (κ3) is 3.61. The molecule has 2 amide bonds. The smallest absolute Gasteiger partial charge is 0.320 e. The van der Waals surface area contributed by atoms with Crippen LogP contribution in [0.1, 0.15) is 30.7 Å². The predicted octanol–water partition coefficient (Wildman–Crippen LogP) is 2.62. The molecule has 1 aromatic carbocycles. The summed E-state index contributed by atoms with van der Waals surface area (Å²) in [7, 11) is 2.12. The van der Waals surface area contributed by atoms with Crippen molar-refractivity contribution in [3.05, 3.63) is 35.9 Å². The van der Waals surface area contributed by atoms with Crippen molar-refractivity contribution in [1.29, 1.82) is 0 Å². The molecule has 4 nitrogen and oxygen atoms in total. The Hall–Kier alpha value is -1.55. The summed E-state index contributed by atoms with van der Waals surface area (Å²) in [4.78, 5) is 19.2. The number of piperazine rings is 1. The van der Waals surface area contributed by atoms with E-state index in [0.717, 1.165) is 45.7 Å². The number of rotatable bonds is 1. The Bertz CT molecular complexity index is 482. The molecule has 2 aliphatic heterocycles. The van der Waals surface area contributed by atoms with Crippen LogP contribution in [-0.4, -0.2) is 67.0 Å². The van der Waals surface area contributed by atoms with E-state index in [1.807, 2.05) is 4.90 Å². The van der Waals surface area contributed by atoms with E-state index in [4.69, 9.17) is 0 Å². The standard InChI is InChI=1S/C18H27N3O/c1-19-11-13-20(14-12-19)18(22)21-10-6-5-9-17(15-21)16-7-3-2-4-8-16/h2-4,7-8,17H,5-6,9-15H2,1H3. The van der Waals surface area contributed by atoms with E-state index in [9.17, 15) is 4.79 Å². The second kappa shape index (κ2) is 7.14. The summed E-state index contributed by atoms with van der Waals surface area (Å²) < 4.78 is 0. The lowest BCUT2D eigenvalue weighted by Crippen LogP contribution is -2.52. The summed E-state index contributed by atoms with van der Waals surface area (Å²) in [6.45, 7) is 5.48. The zero-order chi connectivity index (χ0) is 15.4. The molecule has 2 heterocycles. The largest absolute Gasteiger partial charge is 0.324 e. The molecule has 0 aromatic heterocycles. The van der Waals surface area contributed by atoms with Crippen LogP contribution in [0.3, 0.4) is 0 Å². The van der Waals surface area contributed by atoms with Crippen LogP contribution in [0.25, 0.3) is 0 Å². The van der Waals surface area contributed by atoms with Crippen LogP contribution in [-0.2, 0) is 0 Å². The first kappa shape index (κ1) is 15.3. The van der Waals surface area contributed by atoms with Crippen molar-refractivity contribution in [2.45, 2.75) is 25.2 Å². The molecule has 1 aromatic rings. The second-order valence-corrected chi connectivity index (χ2v) is 6.62. The maximum absolute atomic E-state index is 12.8. The van der Waals surface area contributed by atoms with Crippen LogP contribution in [0, 0.1) is 0 Å². The van der Waals surface area contributed by atoms with Gasteiger partial charge in [0.1, 0.15) is 0 Å². The van der Waals surface area contributed by atoms with Crippen LogP contribution in [0.5, 0.6) is 0 Å². The summed E-state index contributed by atoms with van der Waals surface area (Å²) in [6, 6.07) is 10.9. The van der Waals surface area contributed by atoms with E-state index in [-0.39, 0.29) is 6.03 Å². The maximum Gasteiger partial charge on any atom is 0.320 e. The molecule has 2 aliphatic rings. The zero-order valence-corrected chi connectivity index (χ0v) is 13.6. The van der Waals surface area contributed by atoms with Crippen molar-refractivity contribution in [3.8, 4) is 0 Å². The number of carbonyl (C=O) groups excluding carboxylic acids is 1. The molecule has 0 aliphatic carbocycles. The van der Waals surface area contributed by atoms with Gasteiger partial charge < -0.3 is 14.7 Å². The third-order valence-electron chi connectivity index (χ3n) is 4.99. The number of hydrogen-bond acceptors (Lipinski definition) is 2. The molecule has 0 N–H and O–H groups in total. The van der Waals surface area contributed by atoms with Crippen LogP contribution >= 0.6 is 0 Å². The average Bonchev–Trinajstić information content (AvgIpc) is 2.82. The third-order valence-corrected chi connectivity index (χ3v) is 4.99. The molecule has 0 saturated carbocycles. The van der Waals surface area contributed by atoms with Gasteiger partial charge in [-0.1, -0.05) is 36.8 Å². The zero-order valence-electron chi connectivity index (χ0n) is 13.6. The van der Waals surface area contributed by atoms with Crippen molar-refractivity contribution < 1.29 is 4.79 Å². The first-order chi connectivity index (χ1) is 10.7. The first-order valence-corrected chi connectivity index (χ1v) is 8.51. The van der Waals surface area contributed by atoms with Crippen LogP contribution in [0.4, 0.5) is 4.79 Å². The van der Waals surface area contributed by atoms with Gasteiger partial charge in [0.05, 0.1) is 0 Å². The number of likely N-dealkylation sites (N-methyl/N-ethyl adjacent to an activating group) is 1. The second-order valence-electron chi connectivity index (χ2n) is 6.62. The quantitative estimate of drug-likeness (QED) is 0.797. The van der Waals surface area contributed by atoms with E-state index < -0.39 is 0 Å². The van der Waals surface area contributed by atoms with E-state index in [1.165, 1.54) is 18.4 Å².